The highest BCUT2D eigenvalue weighted by atomic mass is 16.4. The number of rotatable bonds is 4. The highest BCUT2D eigenvalue weighted by Gasteiger charge is 2.08. The van der Waals surface area contributed by atoms with Crippen LogP contribution in [0.4, 0.5) is 0 Å². The summed E-state index contributed by atoms with van der Waals surface area (Å²) in [6.45, 7) is 1.10. The average Bonchev–Trinajstić information content (AvgIpc) is 2.47. The number of carbonyl (C=O) groups excluding carboxylic acids is 1. The molecule has 1 N–H and O–H groups in total. The van der Waals surface area contributed by atoms with Gasteiger partial charge >= 0.3 is 5.97 Å². The Morgan fingerprint density at radius 1 is 0.913 bits per heavy atom. The van der Waals surface area contributed by atoms with E-state index in [9.17, 15) is 14.7 Å². The number of carbonyl (C=O) groups is 2. The van der Waals surface area contributed by atoms with Crippen LogP contribution in [0.5, 0.6) is 0 Å². The Balaban J connectivity index is 0.000000231. The molecule has 0 aliphatic heterocycles. The van der Waals surface area contributed by atoms with Crippen LogP contribution in [0.25, 0.3) is 0 Å². The molecule has 5 heteroatoms. The third-order valence-electron chi connectivity index (χ3n) is 2.88. The number of carboxylic acids is 2. The fourth-order valence-corrected chi connectivity index (χ4v) is 1.98. The van der Waals surface area contributed by atoms with E-state index in [2.05, 4.69) is 51.5 Å². The SMILES string of the molecule is C[N+](C)(C)Cc1ccccc1.O=C([O-])c1ccccc1C(=O)O. The Hall–Kier alpha value is -2.66. The van der Waals surface area contributed by atoms with Crippen LogP contribution < -0.4 is 5.11 Å². The van der Waals surface area contributed by atoms with Gasteiger partial charge in [0.15, 0.2) is 0 Å². The Bertz CT molecular complexity index is 627. The molecule has 0 unspecified atom stereocenters. The molecule has 0 saturated carbocycles. The summed E-state index contributed by atoms with van der Waals surface area (Å²) in [7, 11) is 6.60. The molecule has 0 bridgehead atoms. The molecule has 2 aromatic carbocycles. The predicted octanol–water partition coefficient (Wildman–Crippen LogP) is 1.64. The monoisotopic (exact) mass is 315 g/mol. The van der Waals surface area contributed by atoms with Crippen molar-refractivity contribution in [2.45, 2.75) is 6.54 Å². The van der Waals surface area contributed by atoms with Gasteiger partial charge in [0.1, 0.15) is 6.54 Å². The van der Waals surface area contributed by atoms with Crippen molar-refractivity contribution in [2.24, 2.45) is 0 Å². The maximum absolute atomic E-state index is 10.4. The van der Waals surface area contributed by atoms with E-state index in [1.807, 2.05) is 0 Å². The van der Waals surface area contributed by atoms with Gasteiger partial charge in [0.25, 0.3) is 0 Å². The standard InChI is InChI=1S/C10H16N.C8H6O4/c1-11(2,3)9-10-7-5-4-6-8-10;9-7(10)5-3-1-2-4-6(5)8(11)12/h4-8H,9H2,1-3H3;1-4H,(H,9,10)(H,11,12)/q+1;/p-1. The van der Waals surface area contributed by atoms with Crippen LogP contribution in [-0.2, 0) is 6.54 Å². The average molecular weight is 315 g/mol. The lowest BCUT2D eigenvalue weighted by molar-refractivity contribution is -0.884. The number of carboxylic acid groups (broad SMARTS) is 2. The molecule has 0 radical (unpaired) electrons. The van der Waals surface area contributed by atoms with Crippen molar-refractivity contribution in [3.05, 3.63) is 71.3 Å². The fourth-order valence-electron chi connectivity index (χ4n) is 1.98. The quantitative estimate of drug-likeness (QED) is 0.870. The number of benzene rings is 2. The van der Waals surface area contributed by atoms with Crippen LogP contribution in [-0.4, -0.2) is 42.7 Å². The first-order chi connectivity index (χ1) is 10.7. The second kappa shape index (κ2) is 8.10. The zero-order valence-corrected chi connectivity index (χ0v) is 13.5. The van der Waals surface area contributed by atoms with E-state index in [1.165, 1.54) is 29.8 Å². The molecule has 5 nitrogen and oxygen atoms in total. The van der Waals surface area contributed by atoms with E-state index in [0.29, 0.717) is 0 Å². The molecular formula is C18H21NO4. The van der Waals surface area contributed by atoms with Gasteiger partial charge in [0.2, 0.25) is 0 Å². The first kappa shape index (κ1) is 18.4. The van der Waals surface area contributed by atoms with Crippen molar-refractivity contribution >= 4 is 11.9 Å². The second-order valence-corrected chi connectivity index (χ2v) is 6.07. The minimum Gasteiger partial charge on any atom is -0.545 e. The van der Waals surface area contributed by atoms with Crippen LogP contribution in [0.15, 0.2) is 54.6 Å². The van der Waals surface area contributed by atoms with Gasteiger partial charge in [-0.3, -0.25) is 0 Å². The first-order valence-corrected chi connectivity index (χ1v) is 7.09. The molecule has 2 rings (SSSR count). The van der Waals surface area contributed by atoms with Crippen molar-refractivity contribution in [2.75, 3.05) is 21.1 Å². The van der Waals surface area contributed by atoms with E-state index in [1.54, 1.807) is 0 Å². The Labute approximate surface area is 136 Å². The smallest absolute Gasteiger partial charge is 0.336 e. The minimum atomic E-state index is -1.48. The zero-order chi connectivity index (χ0) is 17.5. The largest absolute Gasteiger partial charge is 0.545 e. The van der Waals surface area contributed by atoms with Crippen molar-refractivity contribution in [3.8, 4) is 0 Å². The van der Waals surface area contributed by atoms with Crippen molar-refractivity contribution in [3.63, 3.8) is 0 Å². The van der Waals surface area contributed by atoms with Gasteiger partial charge in [-0.1, -0.05) is 48.5 Å². The molecule has 0 atom stereocenters. The Morgan fingerprint density at radius 2 is 1.39 bits per heavy atom. The highest BCUT2D eigenvalue weighted by Crippen LogP contribution is 2.07. The molecule has 0 heterocycles. The summed E-state index contributed by atoms with van der Waals surface area (Å²) in [4.78, 5) is 20.8. The van der Waals surface area contributed by atoms with Gasteiger partial charge in [-0.05, 0) is 6.07 Å². The maximum Gasteiger partial charge on any atom is 0.336 e. The van der Waals surface area contributed by atoms with Crippen LogP contribution in [0.1, 0.15) is 26.3 Å². The molecule has 2 aromatic rings. The molecular weight excluding hydrogens is 294 g/mol. The first-order valence-electron chi connectivity index (χ1n) is 7.09. The van der Waals surface area contributed by atoms with Gasteiger partial charge in [0.05, 0.1) is 32.7 Å². The van der Waals surface area contributed by atoms with E-state index < -0.39 is 11.9 Å². The van der Waals surface area contributed by atoms with Crippen molar-refractivity contribution in [1.29, 1.82) is 0 Å². The summed E-state index contributed by atoms with van der Waals surface area (Å²) >= 11 is 0. The number of aromatic carboxylic acids is 2. The van der Waals surface area contributed by atoms with Gasteiger partial charge in [-0.25, -0.2) is 4.79 Å². The van der Waals surface area contributed by atoms with Crippen molar-refractivity contribution < 1.29 is 24.3 Å². The normalized spacial score (nSPS) is 10.4. The van der Waals surface area contributed by atoms with Crippen LogP contribution in [0.2, 0.25) is 0 Å². The van der Waals surface area contributed by atoms with E-state index in [4.69, 9.17) is 5.11 Å². The predicted molar refractivity (Wildman–Crippen MR) is 85.9 cm³/mol. The minimum absolute atomic E-state index is 0.252. The van der Waals surface area contributed by atoms with Gasteiger partial charge < -0.3 is 19.5 Å². The number of quaternary nitrogens is 1. The van der Waals surface area contributed by atoms with Crippen LogP contribution in [0.3, 0.4) is 0 Å². The second-order valence-electron chi connectivity index (χ2n) is 6.07. The van der Waals surface area contributed by atoms with Gasteiger partial charge in [-0.15, -0.1) is 0 Å². The number of hydrogen-bond acceptors (Lipinski definition) is 3. The van der Waals surface area contributed by atoms with E-state index in [0.717, 1.165) is 11.0 Å². The molecule has 0 amide bonds. The summed E-state index contributed by atoms with van der Waals surface area (Å²) in [5, 5.41) is 18.9. The van der Waals surface area contributed by atoms with Crippen molar-refractivity contribution in [1.82, 2.24) is 0 Å². The number of hydrogen-bond donors (Lipinski definition) is 1. The fraction of sp³-hybridized carbons (Fsp3) is 0.222. The Morgan fingerprint density at radius 3 is 1.78 bits per heavy atom. The van der Waals surface area contributed by atoms with Gasteiger partial charge in [0, 0.05) is 11.1 Å². The lowest BCUT2D eigenvalue weighted by Gasteiger charge is -2.23. The molecule has 122 valence electrons. The molecule has 0 saturated heterocycles. The van der Waals surface area contributed by atoms with Crippen LogP contribution in [0, 0.1) is 0 Å². The summed E-state index contributed by atoms with van der Waals surface area (Å²) in [6, 6.07) is 15.9. The molecule has 23 heavy (non-hydrogen) atoms. The molecule has 0 spiro atoms. The summed E-state index contributed by atoms with van der Waals surface area (Å²) in [5.74, 6) is -2.75. The van der Waals surface area contributed by atoms with E-state index in [-0.39, 0.29) is 11.1 Å². The molecule has 0 aromatic heterocycles. The number of nitrogens with zero attached hydrogens (tertiary/aromatic N) is 1. The highest BCUT2D eigenvalue weighted by molar-refractivity contribution is 6.00. The Kier molecular flexibility index (Phi) is 6.48. The summed E-state index contributed by atoms with van der Waals surface area (Å²) < 4.78 is 0.990. The molecule has 0 fully saturated rings. The van der Waals surface area contributed by atoms with Gasteiger partial charge in [-0.2, -0.15) is 0 Å². The zero-order valence-electron chi connectivity index (χ0n) is 13.5. The third kappa shape index (κ3) is 6.76. The lowest BCUT2D eigenvalue weighted by Crippen LogP contribution is -2.33. The maximum atomic E-state index is 10.4. The molecule has 0 aliphatic carbocycles. The van der Waals surface area contributed by atoms with Crippen LogP contribution >= 0.6 is 0 Å². The third-order valence-corrected chi connectivity index (χ3v) is 2.88. The topological polar surface area (TPSA) is 77.4 Å². The van der Waals surface area contributed by atoms with E-state index >= 15 is 0 Å². The summed E-state index contributed by atoms with van der Waals surface area (Å²) in [5.41, 5.74) is 0.850. The summed E-state index contributed by atoms with van der Waals surface area (Å²) in [6.07, 6.45) is 0. The molecule has 0 aliphatic rings. The lowest BCUT2D eigenvalue weighted by atomic mass is 10.1.